The number of aliphatic hydroxyl groups is 2. The van der Waals surface area contributed by atoms with Crippen molar-refractivity contribution in [1.82, 2.24) is 0 Å². The molecule has 8 aromatic carbocycles. The zero-order valence-electron chi connectivity index (χ0n) is 88.8. The van der Waals surface area contributed by atoms with E-state index in [1.54, 1.807) is 83.1 Å². The Balaban J connectivity index is 0.000000592. The van der Waals surface area contributed by atoms with Gasteiger partial charge in [0.2, 0.25) is 25.0 Å². The van der Waals surface area contributed by atoms with Gasteiger partial charge in [0.05, 0.1) is 59.1 Å². The van der Waals surface area contributed by atoms with Crippen molar-refractivity contribution in [2.24, 2.45) is 0 Å². The lowest BCUT2D eigenvalue weighted by molar-refractivity contribution is -0.157. The summed E-state index contributed by atoms with van der Waals surface area (Å²) in [6, 6.07) is 60.3. The monoisotopic (exact) mass is 2170 g/mol. The maximum atomic E-state index is 12.4. The normalized spacial score (nSPS) is 12.6. The second-order valence-electron chi connectivity index (χ2n) is 37.1. The first kappa shape index (κ1) is 132. The molecule has 145 heavy (non-hydrogen) atoms. The van der Waals surface area contributed by atoms with E-state index >= 15 is 0 Å². The lowest BCUT2D eigenvalue weighted by Gasteiger charge is -2.36. The Hall–Kier alpha value is -9.16. The first-order chi connectivity index (χ1) is 67.8. The summed E-state index contributed by atoms with van der Waals surface area (Å²) in [6.45, 7) is 51.6. The zero-order chi connectivity index (χ0) is 109. The second-order valence-corrected chi connectivity index (χ2v) is 57.7. The van der Waals surface area contributed by atoms with E-state index in [4.69, 9.17) is 84.8 Å². The maximum absolute atomic E-state index is 12.4. The van der Waals surface area contributed by atoms with E-state index in [1.165, 1.54) is 12.5 Å². The van der Waals surface area contributed by atoms with Crippen molar-refractivity contribution in [1.29, 1.82) is 0 Å². The van der Waals surface area contributed by atoms with Crippen LogP contribution in [0.2, 0.25) is 54.4 Å². The minimum absolute atomic E-state index is 0.00930. The van der Waals surface area contributed by atoms with Gasteiger partial charge in [-0.05, 0) is 275 Å². The SMILES string of the molecule is CC(C)(C)[Si](C)(C)Oc1ccc(CCO)cc1.CC(C)(C)[Si](C)(C)Oc1ccc(CCOS(C)(=O)=O)cc1.CCOC(=O)[C@H](Cc1ccc(O)cc1)OCC.CCOC(=O)[C@H](Cc1ccc(OCCc2ccc(O[Si](C)(C)C(C)(C)C)cc2)cc1)OCC.CCO[C@@H](Cc1ccc(OCCc2ccc(OCP(=O)(OCC)OCC)cc2)cc1)C(=O)O.CCO[P+](=O)COS(=O)(=O)C(F)(F)F.OCCc1ccc(O)cc1. The molecule has 0 amide bonds. The summed E-state index contributed by atoms with van der Waals surface area (Å²) in [5, 5.41) is 45.2. The van der Waals surface area contributed by atoms with Crippen LogP contribution in [-0.4, -0.2) is 214 Å². The van der Waals surface area contributed by atoms with Crippen molar-refractivity contribution in [3.63, 3.8) is 0 Å². The number of phenolic OH excluding ortho intramolecular Hbond substituents is 2. The minimum atomic E-state index is -5.67. The van der Waals surface area contributed by atoms with Gasteiger partial charge >= 0.3 is 49.2 Å². The number of carboxylic acid groups (broad SMARTS) is 1. The molecular weight excluding hydrogens is 2010 g/mol. The van der Waals surface area contributed by atoms with Crippen LogP contribution in [-0.2, 0) is 141 Å². The van der Waals surface area contributed by atoms with E-state index in [9.17, 15) is 58.6 Å². The Labute approximate surface area is 862 Å². The number of aliphatic carboxylic acids is 1. The number of esters is 2. The van der Waals surface area contributed by atoms with E-state index in [-0.39, 0.29) is 71.3 Å². The molecule has 5 N–H and O–H groups in total. The highest BCUT2D eigenvalue weighted by Gasteiger charge is 2.49. The third-order valence-electron chi connectivity index (χ3n) is 22.4. The zero-order valence-corrected chi connectivity index (χ0v) is 95.2. The lowest BCUT2D eigenvalue weighted by atomic mass is 10.1. The fraction of sp³-hybridized carbons (Fsp3) is 0.514. The van der Waals surface area contributed by atoms with Crippen molar-refractivity contribution >= 4 is 78.7 Å². The van der Waals surface area contributed by atoms with Gasteiger partial charge in [0.1, 0.15) is 46.0 Å². The number of rotatable bonds is 51. The molecule has 8 rings (SSSR count). The number of carboxylic acids is 1. The molecule has 0 heterocycles. The van der Waals surface area contributed by atoms with Crippen LogP contribution in [0.5, 0.6) is 46.0 Å². The summed E-state index contributed by atoms with van der Waals surface area (Å²) in [5.41, 5.74) is 2.80. The number of carbonyl (C=O) groups is 3. The molecule has 8 aromatic rings. The molecule has 1 unspecified atom stereocenters. The molecule has 0 saturated carbocycles. The Bertz CT molecular complexity index is 5260. The molecule has 0 aliphatic rings. The van der Waals surface area contributed by atoms with Crippen molar-refractivity contribution in [2.45, 2.75) is 247 Å². The predicted octanol–water partition coefficient (Wildman–Crippen LogP) is 22.8. The summed E-state index contributed by atoms with van der Waals surface area (Å²) in [6.07, 6.45) is 2.47. The molecule has 812 valence electrons. The molecule has 0 aliphatic heterocycles. The van der Waals surface area contributed by atoms with Gasteiger partial charge in [0.15, 0.2) is 24.7 Å². The number of ether oxygens (including phenoxy) is 8. The molecule has 0 radical (unpaired) electrons. The first-order valence-corrected chi connectivity index (χ1v) is 63.3. The summed E-state index contributed by atoms with van der Waals surface area (Å²) in [4.78, 5) is 34.9. The summed E-state index contributed by atoms with van der Waals surface area (Å²) in [5.74, 6) is 3.70. The predicted molar refractivity (Wildman–Crippen MR) is 568 cm³/mol. The van der Waals surface area contributed by atoms with Gasteiger partial charge in [0, 0.05) is 65.1 Å². The van der Waals surface area contributed by atoms with Crippen LogP contribution in [0.15, 0.2) is 194 Å². The average Bonchev–Trinajstić information content (AvgIpc) is 0.811. The second kappa shape index (κ2) is 66.3. The van der Waals surface area contributed by atoms with Gasteiger partial charge in [0.25, 0.3) is 16.5 Å². The van der Waals surface area contributed by atoms with Gasteiger partial charge in [-0.2, -0.15) is 30.0 Å². The third kappa shape index (κ3) is 54.6. The molecule has 0 aromatic heterocycles. The third-order valence-corrected chi connectivity index (χ3v) is 39.9. The van der Waals surface area contributed by atoms with Crippen LogP contribution in [0, 0.1) is 0 Å². The molecule has 0 aliphatic carbocycles. The van der Waals surface area contributed by atoms with E-state index in [0.717, 1.165) is 74.6 Å². The highest BCUT2D eigenvalue weighted by Crippen LogP contribution is 2.48. The summed E-state index contributed by atoms with van der Waals surface area (Å²) in [7, 11) is -20.2. The molecular formula is C105H158F3O30P2S2Si3+. The number of aromatic hydroxyl groups is 2. The topological polar surface area (TPSA) is 402 Å². The first-order valence-electron chi connectivity index (χ1n) is 48.2. The Morgan fingerprint density at radius 1 is 0.379 bits per heavy atom. The van der Waals surface area contributed by atoms with Crippen molar-refractivity contribution in [3.05, 3.63) is 239 Å². The van der Waals surface area contributed by atoms with Crippen LogP contribution < -0.4 is 27.5 Å². The highest BCUT2D eigenvalue weighted by atomic mass is 32.2. The Morgan fingerprint density at radius 2 is 0.655 bits per heavy atom. The number of aliphatic hydroxyl groups excluding tert-OH is 2. The quantitative estimate of drug-likeness (QED) is 0.00777. The lowest BCUT2D eigenvalue weighted by Crippen LogP contribution is -2.43. The van der Waals surface area contributed by atoms with Crippen LogP contribution in [0.3, 0.4) is 0 Å². The van der Waals surface area contributed by atoms with Gasteiger partial charge < -0.3 is 85.8 Å². The number of benzene rings is 8. The van der Waals surface area contributed by atoms with Crippen LogP contribution in [0.25, 0.3) is 0 Å². The van der Waals surface area contributed by atoms with Gasteiger partial charge in [-0.1, -0.05) is 159 Å². The fourth-order valence-electron chi connectivity index (χ4n) is 11.5. The van der Waals surface area contributed by atoms with Crippen LogP contribution in [0.4, 0.5) is 13.2 Å². The maximum Gasteiger partial charge on any atom is 0.538 e. The van der Waals surface area contributed by atoms with E-state index < -0.39 is 96.9 Å². The summed E-state index contributed by atoms with van der Waals surface area (Å²) < 4.78 is 185. The highest BCUT2D eigenvalue weighted by molar-refractivity contribution is 7.87. The smallest absolute Gasteiger partial charge is 0.538 e. The Kier molecular flexibility index (Phi) is 60.3. The number of phenols is 2. The largest absolute Gasteiger partial charge is 0.544 e. The van der Waals surface area contributed by atoms with E-state index in [0.29, 0.717) is 116 Å². The summed E-state index contributed by atoms with van der Waals surface area (Å²) >= 11 is 0. The number of hydrogen-bond donors (Lipinski definition) is 5. The molecule has 0 saturated heterocycles. The molecule has 40 heteroatoms. The Morgan fingerprint density at radius 3 is 0.931 bits per heavy atom. The van der Waals surface area contributed by atoms with Crippen LogP contribution >= 0.6 is 15.6 Å². The van der Waals surface area contributed by atoms with Crippen molar-refractivity contribution < 1.29 is 152 Å². The average molecular weight is 2170 g/mol. The number of alkyl halides is 3. The van der Waals surface area contributed by atoms with Gasteiger partial charge in [-0.3, -0.25) is 8.75 Å². The molecule has 0 fully saturated rings. The number of carbonyl (C=O) groups excluding carboxylic acids is 2. The van der Waals surface area contributed by atoms with Crippen molar-refractivity contribution in [3.8, 4) is 46.0 Å². The fourth-order valence-corrected chi connectivity index (χ4v) is 17.7. The number of halogens is 3. The van der Waals surface area contributed by atoms with E-state index in [1.807, 2.05) is 135 Å². The van der Waals surface area contributed by atoms with Crippen LogP contribution in [0.1, 0.15) is 162 Å². The number of hydrogen-bond acceptors (Lipinski definition) is 29. The van der Waals surface area contributed by atoms with Crippen molar-refractivity contribution in [2.75, 3.05) is 105 Å². The molecule has 0 spiro atoms. The molecule has 0 bridgehead atoms. The molecule has 4 atom stereocenters. The van der Waals surface area contributed by atoms with Gasteiger partial charge in [-0.25, -0.2) is 18.6 Å². The van der Waals surface area contributed by atoms with Gasteiger partial charge in [-0.15, -0.1) is 4.52 Å². The minimum Gasteiger partial charge on any atom is -0.544 e. The van der Waals surface area contributed by atoms with E-state index in [2.05, 4.69) is 135 Å². The standard InChI is InChI=1S/C27H40O5Si.C24H33O8P.C15H26O4SSi.C14H24O2Si.C13H18O4.C8H10O2.C4H7F3O5PS/c1-8-29-25(26(28)30-9-2)20-22-12-14-23(15-13-22)31-19-18-21-10-16-24(17-11-21)32-33(6,7)27(3,4)5;1-4-28-23(24(25)26)17-20-9-13-21(14-10-20)29-16-15-19-7-11-22(12-8-19)30-18-33(27,31-5-2)32-6-3;1-15(2,3)21(5,6)19-14-9-7-13(8-10-14)11-12-18-20(4,16)17;1-14(2,3)17(4,5)16-13-8-6-12(7-9-13)10-11-15;1-3-16-12(13(15)17-4-2)9-10-5-7-11(14)8-6-10;9-6-5-7-1-3-8(10)4-2-7;1-2-11-13(8)3-12-14(9,10)4(5,6)7/h10-17,25H,8-9,18-20H2,1-7H3;7-14,23H,4-6,15-18H2,1-3H3,(H,25,26);7-10H,11-12H2,1-6H3;6-9,15H,10-11H2,1-5H3;5-8,12,14H,3-4,9H2,1-2H3;1-4,9-10H,5-6H2;2-3H2,1H3/q;;;;;;+1/t25-;23-;;;12-;;/m00..0../s1. The molecule has 30 nitrogen and oxygen atoms in total.